The lowest BCUT2D eigenvalue weighted by Gasteiger charge is -2.42. The maximum Gasteiger partial charge on any atom is 0.406 e. The molecule has 1 aliphatic heterocycles. The molecule has 21 heavy (non-hydrogen) atoms. The van der Waals surface area contributed by atoms with E-state index in [1.165, 1.54) is 0 Å². The van der Waals surface area contributed by atoms with E-state index in [-0.39, 0.29) is 18.3 Å². The summed E-state index contributed by atoms with van der Waals surface area (Å²) in [5, 5.41) is 0. The lowest BCUT2D eigenvalue weighted by molar-refractivity contribution is -0.170. The Hall–Kier alpha value is -1.27. The highest BCUT2D eigenvalue weighted by Crippen LogP contribution is 2.34. The maximum absolute atomic E-state index is 12.6. The van der Waals surface area contributed by atoms with Crippen molar-refractivity contribution in [3.05, 3.63) is 35.9 Å². The quantitative estimate of drug-likeness (QED) is 0.910. The Balaban J connectivity index is 0.00000220. The van der Waals surface area contributed by atoms with Crippen molar-refractivity contribution in [2.45, 2.75) is 37.5 Å². The number of nitrogens with zero attached hydrogens (tertiary/aromatic N) is 1. The SMILES string of the molecule is CC1C(c2ccccc2)CC(N)C(=O)N1CC(F)(F)F.Cl. The fraction of sp³-hybridized carbons (Fsp3) is 0.500. The van der Waals surface area contributed by atoms with Crippen LogP contribution in [0.1, 0.15) is 24.8 Å². The third-order valence-electron chi connectivity index (χ3n) is 3.76. The molecule has 1 aromatic rings. The van der Waals surface area contributed by atoms with Gasteiger partial charge in [0, 0.05) is 12.0 Å². The van der Waals surface area contributed by atoms with Gasteiger partial charge in [-0.05, 0) is 18.9 Å². The molecule has 1 fully saturated rings. The average molecular weight is 323 g/mol. The fourth-order valence-electron chi connectivity index (χ4n) is 2.73. The van der Waals surface area contributed by atoms with Crippen molar-refractivity contribution in [1.29, 1.82) is 0 Å². The third-order valence-corrected chi connectivity index (χ3v) is 3.76. The number of likely N-dealkylation sites (tertiary alicyclic amines) is 1. The van der Waals surface area contributed by atoms with Crippen LogP contribution >= 0.6 is 12.4 Å². The van der Waals surface area contributed by atoms with Crippen molar-refractivity contribution in [3.8, 4) is 0 Å². The maximum atomic E-state index is 12.6. The van der Waals surface area contributed by atoms with E-state index in [1.807, 2.05) is 30.3 Å². The zero-order valence-electron chi connectivity index (χ0n) is 11.5. The van der Waals surface area contributed by atoms with Crippen molar-refractivity contribution < 1.29 is 18.0 Å². The number of carbonyl (C=O) groups is 1. The van der Waals surface area contributed by atoms with Crippen LogP contribution in [0.4, 0.5) is 13.2 Å². The molecule has 0 radical (unpaired) electrons. The molecule has 0 bridgehead atoms. The van der Waals surface area contributed by atoms with Gasteiger partial charge in [-0.25, -0.2) is 0 Å². The average Bonchev–Trinajstić information content (AvgIpc) is 2.39. The number of hydrogen-bond donors (Lipinski definition) is 1. The number of halogens is 4. The Morgan fingerprint density at radius 3 is 2.38 bits per heavy atom. The van der Waals surface area contributed by atoms with E-state index in [2.05, 4.69) is 0 Å². The molecule has 118 valence electrons. The second-order valence-electron chi connectivity index (χ2n) is 5.18. The van der Waals surface area contributed by atoms with E-state index < -0.39 is 30.7 Å². The zero-order chi connectivity index (χ0) is 14.9. The summed E-state index contributed by atoms with van der Waals surface area (Å²) in [4.78, 5) is 12.7. The second-order valence-corrected chi connectivity index (χ2v) is 5.18. The smallest absolute Gasteiger partial charge is 0.329 e. The van der Waals surface area contributed by atoms with Gasteiger partial charge in [0.25, 0.3) is 0 Å². The normalized spacial score (nSPS) is 26.4. The number of piperidine rings is 1. The van der Waals surface area contributed by atoms with Crippen LogP contribution < -0.4 is 5.73 Å². The van der Waals surface area contributed by atoms with Crippen molar-refractivity contribution in [3.63, 3.8) is 0 Å². The fourth-order valence-corrected chi connectivity index (χ4v) is 2.73. The summed E-state index contributed by atoms with van der Waals surface area (Å²) in [6.45, 7) is 0.400. The van der Waals surface area contributed by atoms with Gasteiger partial charge in [-0.15, -0.1) is 12.4 Å². The van der Waals surface area contributed by atoms with E-state index in [0.29, 0.717) is 6.42 Å². The molecule has 7 heteroatoms. The van der Waals surface area contributed by atoms with Gasteiger partial charge in [-0.1, -0.05) is 30.3 Å². The molecule has 0 aromatic heterocycles. The van der Waals surface area contributed by atoms with Crippen LogP contribution in [0.25, 0.3) is 0 Å². The minimum Gasteiger partial charge on any atom is -0.329 e. The second kappa shape index (κ2) is 6.66. The van der Waals surface area contributed by atoms with E-state index in [9.17, 15) is 18.0 Å². The monoisotopic (exact) mass is 322 g/mol. The highest BCUT2D eigenvalue weighted by Gasteiger charge is 2.43. The van der Waals surface area contributed by atoms with Gasteiger partial charge >= 0.3 is 6.18 Å². The third kappa shape index (κ3) is 4.11. The number of carbonyl (C=O) groups excluding carboxylic acids is 1. The number of benzene rings is 1. The van der Waals surface area contributed by atoms with Crippen LogP contribution in [-0.2, 0) is 4.79 Å². The number of amides is 1. The standard InChI is InChI=1S/C14H17F3N2O.ClH/c1-9-11(10-5-3-2-4-6-10)7-12(18)13(20)19(9)8-14(15,16)17;/h2-6,9,11-12H,7-8,18H2,1H3;1H. The van der Waals surface area contributed by atoms with Crippen LogP contribution in [0.15, 0.2) is 30.3 Å². The van der Waals surface area contributed by atoms with Crippen molar-refractivity contribution in [1.82, 2.24) is 4.90 Å². The molecule has 2 N–H and O–H groups in total. The first-order valence-electron chi connectivity index (χ1n) is 6.47. The Morgan fingerprint density at radius 2 is 1.86 bits per heavy atom. The van der Waals surface area contributed by atoms with E-state index in [1.54, 1.807) is 6.92 Å². The molecule has 3 nitrogen and oxygen atoms in total. The first-order valence-corrected chi connectivity index (χ1v) is 6.47. The van der Waals surface area contributed by atoms with Gasteiger partial charge < -0.3 is 10.6 Å². The Labute approximate surface area is 127 Å². The lowest BCUT2D eigenvalue weighted by atomic mass is 9.82. The summed E-state index contributed by atoms with van der Waals surface area (Å²) < 4.78 is 37.8. The molecular weight excluding hydrogens is 305 g/mol. The highest BCUT2D eigenvalue weighted by atomic mass is 35.5. The van der Waals surface area contributed by atoms with Gasteiger partial charge in [0.2, 0.25) is 5.91 Å². The van der Waals surface area contributed by atoms with Gasteiger partial charge in [0.1, 0.15) is 6.54 Å². The van der Waals surface area contributed by atoms with Gasteiger partial charge in [-0.2, -0.15) is 13.2 Å². The van der Waals surface area contributed by atoms with Crippen molar-refractivity contribution >= 4 is 18.3 Å². The molecule has 3 atom stereocenters. The number of nitrogens with two attached hydrogens (primary N) is 1. The summed E-state index contributed by atoms with van der Waals surface area (Å²) in [6.07, 6.45) is -4.04. The molecular formula is C14H18ClF3N2O. The Kier molecular flexibility index (Phi) is 5.64. The summed E-state index contributed by atoms with van der Waals surface area (Å²) in [5.41, 5.74) is 6.63. The summed E-state index contributed by atoms with van der Waals surface area (Å²) in [6, 6.07) is 7.82. The van der Waals surface area contributed by atoms with Gasteiger partial charge in [0.05, 0.1) is 6.04 Å². The molecule has 3 unspecified atom stereocenters. The molecule has 1 aromatic carbocycles. The molecule has 0 spiro atoms. The summed E-state index contributed by atoms with van der Waals surface area (Å²) >= 11 is 0. The number of hydrogen-bond acceptors (Lipinski definition) is 2. The van der Waals surface area contributed by atoms with E-state index in [0.717, 1.165) is 10.5 Å². The zero-order valence-corrected chi connectivity index (χ0v) is 12.3. The molecule has 2 rings (SSSR count). The highest BCUT2D eigenvalue weighted by molar-refractivity contribution is 5.85. The van der Waals surface area contributed by atoms with Crippen LogP contribution in [0, 0.1) is 0 Å². The minimum absolute atomic E-state index is 0. The Morgan fingerprint density at radius 1 is 1.29 bits per heavy atom. The Bertz CT molecular complexity index is 481. The first kappa shape index (κ1) is 17.8. The van der Waals surface area contributed by atoms with E-state index >= 15 is 0 Å². The molecule has 0 saturated carbocycles. The molecule has 1 saturated heterocycles. The number of rotatable bonds is 2. The van der Waals surface area contributed by atoms with Crippen LogP contribution in [0.2, 0.25) is 0 Å². The largest absolute Gasteiger partial charge is 0.406 e. The van der Waals surface area contributed by atoms with Crippen molar-refractivity contribution in [2.24, 2.45) is 5.73 Å². The first-order chi connectivity index (χ1) is 9.29. The predicted octanol–water partition coefficient (Wildman–Crippen LogP) is 2.70. The molecule has 1 amide bonds. The summed E-state index contributed by atoms with van der Waals surface area (Å²) in [5.74, 6) is -0.798. The molecule has 1 heterocycles. The van der Waals surface area contributed by atoms with Crippen molar-refractivity contribution in [2.75, 3.05) is 6.54 Å². The predicted molar refractivity (Wildman–Crippen MR) is 76.3 cm³/mol. The lowest BCUT2D eigenvalue weighted by Crippen LogP contribution is -2.57. The van der Waals surface area contributed by atoms with E-state index in [4.69, 9.17) is 5.73 Å². The topological polar surface area (TPSA) is 46.3 Å². The molecule has 1 aliphatic rings. The molecule has 0 aliphatic carbocycles. The van der Waals surface area contributed by atoms with Crippen LogP contribution in [0.3, 0.4) is 0 Å². The van der Waals surface area contributed by atoms with Crippen LogP contribution in [0.5, 0.6) is 0 Å². The van der Waals surface area contributed by atoms with Gasteiger partial charge in [0.15, 0.2) is 0 Å². The minimum atomic E-state index is -4.41. The summed E-state index contributed by atoms with van der Waals surface area (Å²) in [7, 11) is 0. The van der Waals surface area contributed by atoms with Crippen LogP contribution in [-0.4, -0.2) is 35.6 Å². The number of alkyl halides is 3. The van der Waals surface area contributed by atoms with Gasteiger partial charge in [-0.3, -0.25) is 4.79 Å².